The maximum atomic E-state index is 13.5. The standard InChI is InChI=1S/C37H31ClF3N7O4/c38-31-13-7-23(18-30(31)37(39,40)41)20-42-45-35(50)29-19-28(47-15-2-1-3-16-47)12-14-32(29)43-34(49)27-6-4-5-24(17-27)21-48-22-33(44-46-48)25-8-10-26(11-9-25)36(51)52/h4-14,17-20,22H,1-3,15-16,21H2,(H,43,49)(H,45,50)(H,51,52)/b42-20+. The van der Waals surface area contributed by atoms with Gasteiger partial charge in [0.2, 0.25) is 0 Å². The first-order valence-corrected chi connectivity index (χ1v) is 16.6. The van der Waals surface area contributed by atoms with Gasteiger partial charge in [0.25, 0.3) is 11.8 Å². The zero-order valence-electron chi connectivity index (χ0n) is 27.4. The summed E-state index contributed by atoms with van der Waals surface area (Å²) in [5.41, 5.74) is 4.99. The highest BCUT2D eigenvalue weighted by Gasteiger charge is 2.33. The van der Waals surface area contributed by atoms with Crippen LogP contribution in [-0.4, -0.2) is 57.2 Å². The Morgan fingerprint density at radius 3 is 2.40 bits per heavy atom. The SMILES string of the molecule is O=C(O)c1ccc(-c2cn(Cc3cccc(C(=O)Nc4ccc(N5CCCCC5)cc4C(=O)N/N=C/c4ccc(Cl)c(C(F)(F)F)c4)c3)nn2)cc1. The van der Waals surface area contributed by atoms with Crippen LogP contribution in [0.4, 0.5) is 24.5 Å². The molecular formula is C37H31ClF3N7O4. The van der Waals surface area contributed by atoms with Crippen molar-refractivity contribution < 1.29 is 32.7 Å². The van der Waals surface area contributed by atoms with E-state index in [0.29, 0.717) is 16.8 Å². The molecule has 1 saturated heterocycles. The zero-order chi connectivity index (χ0) is 36.8. The second-order valence-electron chi connectivity index (χ2n) is 12.1. The molecule has 0 bridgehead atoms. The van der Waals surface area contributed by atoms with Gasteiger partial charge < -0.3 is 15.3 Å². The Bertz CT molecular complexity index is 2150. The van der Waals surface area contributed by atoms with Gasteiger partial charge in [-0.3, -0.25) is 9.59 Å². The van der Waals surface area contributed by atoms with Crippen LogP contribution in [0.3, 0.4) is 0 Å². The molecule has 5 aromatic rings. The van der Waals surface area contributed by atoms with Crippen LogP contribution in [-0.2, 0) is 12.7 Å². The number of nitrogens with zero attached hydrogens (tertiary/aromatic N) is 5. The number of piperidine rings is 1. The number of carboxylic acid groups (broad SMARTS) is 1. The van der Waals surface area contributed by atoms with Crippen LogP contribution in [0.5, 0.6) is 0 Å². The summed E-state index contributed by atoms with van der Waals surface area (Å²) < 4.78 is 41.5. The number of nitrogens with one attached hydrogen (secondary N) is 2. The normalized spacial score (nSPS) is 13.3. The van der Waals surface area contributed by atoms with Crippen molar-refractivity contribution >= 4 is 47.0 Å². The number of hydrogen-bond acceptors (Lipinski definition) is 7. The molecule has 1 fully saturated rings. The molecule has 1 aliphatic rings. The van der Waals surface area contributed by atoms with Gasteiger partial charge in [-0.2, -0.15) is 18.3 Å². The quantitative estimate of drug-likeness (QED) is 0.101. The molecule has 2 amide bonds. The third kappa shape index (κ3) is 8.64. The molecule has 15 heteroatoms. The lowest BCUT2D eigenvalue weighted by Crippen LogP contribution is -2.30. The number of amides is 2. The van der Waals surface area contributed by atoms with Crippen molar-refractivity contribution in [1.29, 1.82) is 0 Å². The van der Waals surface area contributed by atoms with E-state index in [1.165, 1.54) is 18.2 Å². The van der Waals surface area contributed by atoms with Gasteiger partial charge in [-0.1, -0.05) is 47.1 Å². The van der Waals surface area contributed by atoms with Gasteiger partial charge >= 0.3 is 12.1 Å². The monoisotopic (exact) mass is 729 g/mol. The Hall–Kier alpha value is -6.02. The van der Waals surface area contributed by atoms with E-state index in [-0.39, 0.29) is 28.9 Å². The summed E-state index contributed by atoms with van der Waals surface area (Å²) in [6.45, 7) is 1.90. The van der Waals surface area contributed by atoms with E-state index in [2.05, 4.69) is 31.1 Å². The number of hydrazone groups is 1. The van der Waals surface area contributed by atoms with E-state index in [9.17, 15) is 27.6 Å². The largest absolute Gasteiger partial charge is 0.478 e. The predicted octanol–water partition coefficient (Wildman–Crippen LogP) is 7.37. The van der Waals surface area contributed by atoms with Crippen molar-refractivity contribution in [3.8, 4) is 11.3 Å². The van der Waals surface area contributed by atoms with Gasteiger partial charge in [-0.15, -0.1) is 5.10 Å². The van der Waals surface area contributed by atoms with E-state index in [0.717, 1.165) is 62.0 Å². The summed E-state index contributed by atoms with van der Waals surface area (Å²) in [6, 6.07) is 21.5. The second kappa shape index (κ2) is 15.5. The first-order valence-electron chi connectivity index (χ1n) is 16.2. The van der Waals surface area contributed by atoms with Crippen LogP contribution in [0.1, 0.15) is 67.0 Å². The smallest absolute Gasteiger partial charge is 0.417 e. The number of aromatic carboxylic acids is 1. The molecule has 0 saturated carbocycles. The molecule has 1 aromatic heterocycles. The zero-order valence-corrected chi connectivity index (χ0v) is 28.2. The van der Waals surface area contributed by atoms with Gasteiger partial charge in [0, 0.05) is 29.9 Å². The minimum atomic E-state index is -4.66. The van der Waals surface area contributed by atoms with Gasteiger partial charge in [-0.05, 0) is 85.0 Å². The first-order chi connectivity index (χ1) is 24.9. The molecule has 6 rings (SSSR count). The molecule has 0 aliphatic carbocycles. The number of alkyl halides is 3. The maximum Gasteiger partial charge on any atom is 0.417 e. The summed E-state index contributed by atoms with van der Waals surface area (Å²) in [6.07, 6.45) is 1.23. The molecular weight excluding hydrogens is 699 g/mol. The fraction of sp³-hybridized carbons (Fsp3) is 0.189. The lowest BCUT2D eigenvalue weighted by atomic mass is 10.1. The summed E-state index contributed by atoms with van der Waals surface area (Å²) in [5, 5.41) is 23.7. The minimum absolute atomic E-state index is 0.0732. The molecule has 1 aliphatic heterocycles. The van der Waals surface area contributed by atoms with Crippen LogP contribution in [0.25, 0.3) is 11.3 Å². The van der Waals surface area contributed by atoms with Gasteiger partial charge in [0.05, 0.1) is 46.4 Å². The van der Waals surface area contributed by atoms with E-state index in [4.69, 9.17) is 16.7 Å². The Morgan fingerprint density at radius 2 is 1.67 bits per heavy atom. The van der Waals surface area contributed by atoms with Crippen molar-refractivity contribution in [1.82, 2.24) is 20.4 Å². The van der Waals surface area contributed by atoms with Crippen molar-refractivity contribution in [2.75, 3.05) is 23.3 Å². The number of rotatable bonds is 10. The second-order valence-corrected chi connectivity index (χ2v) is 12.5. The molecule has 266 valence electrons. The minimum Gasteiger partial charge on any atom is -0.478 e. The summed E-state index contributed by atoms with van der Waals surface area (Å²) in [7, 11) is 0. The lowest BCUT2D eigenvalue weighted by Gasteiger charge is -2.29. The van der Waals surface area contributed by atoms with Crippen molar-refractivity contribution in [2.45, 2.75) is 32.0 Å². The van der Waals surface area contributed by atoms with Crippen LogP contribution < -0.4 is 15.6 Å². The highest BCUT2D eigenvalue weighted by atomic mass is 35.5. The molecule has 11 nitrogen and oxygen atoms in total. The molecule has 4 aromatic carbocycles. The average Bonchev–Trinajstić information content (AvgIpc) is 3.60. The average molecular weight is 730 g/mol. The Balaban J connectivity index is 1.18. The highest BCUT2D eigenvalue weighted by molar-refractivity contribution is 6.31. The number of halogens is 4. The maximum absolute atomic E-state index is 13.5. The Labute approximate surface area is 300 Å². The molecule has 52 heavy (non-hydrogen) atoms. The van der Waals surface area contributed by atoms with Crippen molar-refractivity contribution in [3.05, 3.63) is 130 Å². The number of carboxylic acids is 1. The topological polar surface area (TPSA) is 142 Å². The fourth-order valence-corrected chi connectivity index (χ4v) is 5.95. The van der Waals surface area contributed by atoms with Crippen LogP contribution in [0.2, 0.25) is 5.02 Å². The third-order valence-electron chi connectivity index (χ3n) is 8.39. The lowest BCUT2D eigenvalue weighted by molar-refractivity contribution is -0.137. The fourth-order valence-electron chi connectivity index (χ4n) is 5.73. The third-order valence-corrected chi connectivity index (χ3v) is 8.72. The molecule has 0 spiro atoms. The number of anilines is 2. The highest BCUT2D eigenvalue weighted by Crippen LogP contribution is 2.35. The number of carbonyl (C=O) groups is 3. The predicted molar refractivity (Wildman–Crippen MR) is 190 cm³/mol. The summed E-state index contributed by atoms with van der Waals surface area (Å²) in [4.78, 5) is 40.3. The number of hydrogen-bond donors (Lipinski definition) is 3. The molecule has 3 N–H and O–H groups in total. The molecule has 0 atom stereocenters. The van der Waals surface area contributed by atoms with Gasteiger partial charge in [0.15, 0.2) is 0 Å². The Kier molecular flexibility index (Phi) is 10.7. The summed E-state index contributed by atoms with van der Waals surface area (Å²) >= 11 is 5.71. The van der Waals surface area contributed by atoms with Crippen LogP contribution in [0, 0.1) is 0 Å². The van der Waals surface area contributed by atoms with E-state index >= 15 is 0 Å². The van der Waals surface area contributed by atoms with Gasteiger partial charge in [0.1, 0.15) is 5.69 Å². The molecule has 0 unspecified atom stereocenters. The number of aromatic nitrogens is 3. The molecule has 2 heterocycles. The summed E-state index contributed by atoms with van der Waals surface area (Å²) in [5.74, 6) is -2.19. The molecule has 0 radical (unpaired) electrons. The van der Waals surface area contributed by atoms with Gasteiger partial charge in [-0.25, -0.2) is 14.9 Å². The van der Waals surface area contributed by atoms with E-state index in [1.54, 1.807) is 53.3 Å². The number of carbonyl (C=O) groups excluding carboxylic acids is 2. The van der Waals surface area contributed by atoms with Crippen molar-refractivity contribution in [3.63, 3.8) is 0 Å². The van der Waals surface area contributed by atoms with Crippen LogP contribution in [0.15, 0.2) is 96.2 Å². The van der Waals surface area contributed by atoms with Crippen molar-refractivity contribution in [2.24, 2.45) is 5.10 Å². The number of benzene rings is 4. The first kappa shape index (κ1) is 35.8. The van der Waals surface area contributed by atoms with Crippen LogP contribution >= 0.6 is 11.6 Å². The van der Waals surface area contributed by atoms with E-state index < -0.39 is 34.5 Å². The van der Waals surface area contributed by atoms with E-state index in [1.807, 2.05) is 12.1 Å². The Morgan fingerprint density at radius 1 is 0.904 bits per heavy atom.